The van der Waals surface area contributed by atoms with Crippen LogP contribution in [0.1, 0.15) is 22.3 Å². The van der Waals surface area contributed by atoms with Crippen LogP contribution in [0.4, 0.5) is 5.69 Å². The second-order valence-electron chi connectivity index (χ2n) is 4.55. The number of hydroxylamine groups is 1. The van der Waals surface area contributed by atoms with Crippen LogP contribution < -0.4 is 10.8 Å². The van der Waals surface area contributed by atoms with Crippen molar-refractivity contribution in [3.8, 4) is 0 Å². The Morgan fingerprint density at radius 1 is 0.952 bits per heavy atom. The number of rotatable bonds is 5. The van der Waals surface area contributed by atoms with Gasteiger partial charge in [-0.3, -0.25) is 14.8 Å². The lowest BCUT2D eigenvalue weighted by Gasteiger charge is -2.06. The van der Waals surface area contributed by atoms with Crippen molar-refractivity contribution >= 4 is 17.5 Å². The number of aryl methyl sites for hydroxylation is 1. The molecule has 0 unspecified atom stereocenters. The van der Waals surface area contributed by atoms with Gasteiger partial charge >= 0.3 is 0 Å². The fourth-order valence-electron chi connectivity index (χ4n) is 1.90. The first-order valence-electron chi connectivity index (χ1n) is 6.57. The van der Waals surface area contributed by atoms with Gasteiger partial charge in [0, 0.05) is 17.7 Å². The van der Waals surface area contributed by atoms with Crippen molar-refractivity contribution in [2.24, 2.45) is 0 Å². The average Bonchev–Trinajstić information content (AvgIpc) is 2.54. The van der Waals surface area contributed by atoms with E-state index < -0.39 is 5.91 Å². The smallest absolute Gasteiger partial charge is 0.274 e. The maximum atomic E-state index is 11.8. The maximum absolute atomic E-state index is 11.8. The van der Waals surface area contributed by atoms with E-state index in [4.69, 9.17) is 5.21 Å². The van der Waals surface area contributed by atoms with Crippen molar-refractivity contribution < 1.29 is 14.8 Å². The number of hydrogen-bond acceptors (Lipinski definition) is 3. The van der Waals surface area contributed by atoms with Crippen LogP contribution in [0, 0.1) is 0 Å². The van der Waals surface area contributed by atoms with Crippen LogP contribution in [0.25, 0.3) is 0 Å². The van der Waals surface area contributed by atoms with Gasteiger partial charge in [-0.1, -0.05) is 30.3 Å². The Labute approximate surface area is 122 Å². The molecule has 2 aromatic carbocycles. The Balaban J connectivity index is 1.86. The first-order valence-corrected chi connectivity index (χ1v) is 6.57. The molecule has 0 aliphatic heterocycles. The zero-order chi connectivity index (χ0) is 15.1. The summed E-state index contributed by atoms with van der Waals surface area (Å²) in [6.45, 7) is 0. The SMILES string of the molecule is O=C(CCc1ccccc1)Nc1ccc(C(=O)NO)cc1. The van der Waals surface area contributed by atoms with E-state index in [0.717, 1.165) is 5.56 Å². The highest BCUT2D eigenvalue weighted by Gasteiger charge is 2.06. The predicted molar refractivity (Wildman–Crippen MR) is 79.1 cm³/mol. The topological polar surface area (TPSA) is 78.4 Å². The van der Waals surface area contributed by atoms with E-state index in [1.807, 2.05) is 30.3 Å². The highest BCUT2D eigenvalue weighted by atomic mass is 16.5. The van der Waals surface area contributed by atoms with Gasteiger partial charge < -0.3 is 5.32 Å². The molecule has 0 fully saturated rings. The van der Waals surface area contributed by atoms with Gasteiger partial charge in [0.1, 0.15) is 0 Å². The molecule has 0 heterocycles. The highest BCUT2D eigenvalue weighted by Crippen LogP contribution is 2.11. The van der Waals surface area contributed by atoms with Crippen LogP contribution in [0.5, 0.6) is 0 Å². The first kappa shape index (κ1) is 14.7. The molecule has 5 heteroatoms. The molecule has 2 aromatic rings. The Morgan fingerprint density at radius 2 is 1.62 bits per heavy atom. The summed E-state index contributed by atoms with van der Waals surface area (Å²) in [6.07, 6.45) is 1.07. The van der Waals surface area contributed by atoms with E-state index in [1.165, 1.54) is 12.1 Å². The van der Waals surface area contributed by atoms with Crippen molar-refractivity contribution in [1.29, 1.82) is 0 Å². The van der Waals surface area contributed by atoms with Crippen molar-refractivity contribution in [3.05, 3.63) is 65.7 Å². The molecule has 0 bridgehead atoms. The molecule has 108 valence electrons. The summed E-state index contributed by atoms with van der Waals surface area (Å²) in [7, 11) is 0. The Hall–Kier alpha value is -2.66. The molecule has 21 heavy (non-hydrogen) atoms. The number of benzene rings is 2. The summed E-state index contributed by atoms with van der Waals surface area (Å²) in [5.74, 6) is -0.671. The van der Waals surface area contributed by atoms with Crippen LogP contribution >= 0.6 is 0 Å². The van der Waals surface area contributed by atoms with E-state index in [9.17, 15) is 9.59 Å². The van der Waals surface area contributed by atoms with Crippen LogP contribution in [0.2, 0.25) is 0 Å². The van der Waals surface area contributed by atoms with E-state index in [-0.39, 0.29) is 5.91 Å². The van der Waals surface area contributed by atoms with Gasteiger partial charge in [-0.2, -0.15) is 0 Å². The molecule has 0 atom stereocenters. The quantitative estimate of drug-likeness (QED) is 0.582. The number of amides is 2. The van der Waals surface area contributed by atoms with E-state index in [1.54, 1.807) is 17.6 Å². The van der Waals surface area contributed by atoms with Gasteiger partial charge in [0.2, 0.25) is 5.91 Å². The third-order valence-corrected chi connectivity index (χ3v) is 3.02. The molecular weight excluding hydrogens is 268 g/mol. The van der Waals surface area contributed by atoms with Gasteiger partial charge in [0.15, 0.2) is 0 Å². The molecule has 0 saturated heterocycles. The Morgan fingerprint density at radius 3 is 2.24 bits per heavy atom. The zero-order valence-corrected chi connectivity index (χ0v) is 11.4. The van der Waals surface area contributed by atoms with E-state index in [2.05, 4.69) is 5.32 Å². The van der Waals surface area contributed by atoms with Crippen molar-refractivity contribution in [1.82, 2.24) is 5.48 Å². The molecule has 2 amide bonds. The lowest BCUT2D eigenvalue weighted by Crippen LogP contribution is -2.18. The van der Waals surface area contributed by atoms with Crippen LogP contribution in [-0.4, -0.2) is 17.0 Å². The first-order chi connectivity index (χ1) is 10.2. The minimum Gasteiger partial charge on any atom is -0.326 e. The Bertz CT molecular complexity index is 609. The maximum Gasteiger partial charge on any atom is 0.274 e. The molecule has 0 aliphatic carbocycles. The zero-order valence-electron chi connectivity index (χ0n) is 11.4. The number of anilines is 1. The third-order valence-electron chi connectivity index (χ3n) is 3.02. The summed E-state index contributed by atoms with van der Waals surface area (Å²) in [5, 5.41) is 11.3. The molecule has 0 radical (unpaired) electrons. The molecule has 5 nitrogen and oxygen atoms in total. The summed E-state index contributed by atoms with van der Waals surface area (Å²) >= 11 is 0. The van der Waals surface area contributed by atoms with Crippen molar-refractivity contribution in [2.75, 3.05) is 5.32 Å². The predicted octanol–water partition coefficient (Wildman–Crippen LogP) is 2.38. The molecule has 0 spiro atoms. The van der Waals surface area contributed by atoms with E-state index >= 15 is 0 Å². The number of nitrogens with one attached hydrogen (secondary N) is 2. The third kappa shape index (κ3) is 4.43. The molecule has 0 saturated carbocycles. The molecular formula is C16H16N2O3. The normalized spacial score (nSPS) is 9.95. The molecule has 3 N–H and O–H groups in total. The minimum atomic E-state index is -0.586. The second-order valence-corrected chi connectivity index (χ2v) is 4.55. The largest absolute Gasteiger partial charge is 0.326 e. The van der Waals surface area contributed by atoms with E-state index in [0.29, 0.717) is 24.1 Å². The van der Waals surface area contributed by atoms with Gasteiger partial charge in [-0.05, 0) is 36.2 Å². The van der Waals surface area contributed by atoms with Gasteiger partial charge in [-0.15, -0.1) is 0 Å². The molecule has 0 aromatic heterocycles. The van der Waals surface area contributed by atoms with Crippen LogP contribution in [0.3, 0.4) is 0 Å². The molecule has 2 rings (SSSR count). The van der Waals surface area contributed by atoms with Gasteiger partial charge in [0.25, 0.3) is 5.91 Å². The van der Waals surface area contributed by atoms with Crippen molar-refractivity contribution in [2.45, 2.75) is 12.8 Å². The van der Waals surface area contributed by atoms with Gasteiger partial charge in [-0.25, -0.2) is 5.48 Å². The average molecular weight is 284 g/mol. The minimum absolute atomic E-state index is 0.0850. The standard InChI is InChI=1S/C16H16N2O3/c19-15(11-6-12-4-2-1-3-5-12)17-14-9-7-13(8-10-14)16(20)18-21/h1-5,7-10,21H,6,11H2,(H,17,19)(H,18,20). The monoisotopic (exact) mass is 284 g/mol. The lowest BCUT2D eigenvalue weighted by atomic mass is 10.1. The number of carbonyl (C=O) groups is 2. The summed E-state index contributed by atoms with van der Waals surface area (Å²) in [6, 6.07) is 16.1. The molecule has 0 aliphatic rings. The number of hydrogen-bond donors (Lipinski definition) is 3. The Kier molecular flexibility index (Phi) is 5.06. The van der Waals surface area contributed by atoms with Crippen LogP contribution in [-0.2, 0) is 11.2 Å². The summed E-state index contributed by atoms with van der Waals surface area (Å²) < 4.78 is 0. The van der Waals surface area contributed by atoms with Crippen LogP contribution in [0.15, 0.2) is 54.6 Å². The summed E-state index contributed by atoms with van der Waals surface area (Å²) in [4.78, 5) is 23.0. The summed E-state index contributed by atoms with van der Waals surface area (Å²) in [5.41, 5.74) is 3.60. The van der Waals surface area contributed by atoms with Crippen molar-refractivity contribution in [3.63, 3.8) is 0 Å². The number of carbonyl (C=O) groups excluding carboxylic acids is 2. The van der Waals surface area contributed by atoms with Gasteiger partial charge in [0.05, 0.1) is 0 Å². The second kappa shape index (κ2) is 7.21. The fourth-order valence-corrected chi connectivity index (χ4v) is 1.90. The highest BCUT2D eigenvalue weighted by molar-refractivity contribution is 5.95. The fraction of sp³-hybridized carbons (Fsp3) is 0.125. The lowest BCUT2D eigenvalue weighted by molar-refractivity contribution is -0.116.